The normalized spacial score (nSPS) is 20.4. The third-order valence-electron chi connectivity index (χ3n) is 3.80. The zero-order valence-electron chi connectivity index (χ0n) is 13.4. The number of aromatic amines is 1. The molecular formula is C14H20N6O3. The summed E-state index contributed by atoms with van der Waals surface area (Å²) in [6.45, 7) is 7.24. The van der Waals surface area contributed by atoms with Crippen LogP contribution in [-0.2, 0) is 9.53 Å². The standard InChI is InChI=1S/C14H20N6O3/c1-8-6-12(23-19-8)16-14(21)9(2)20-4-5-22-11(7-20)13-15-10(3)17-18-13/h6,9,11H,4-5,7H2,1-3H3,(H,16,21)(H,15,17,18)/t9-,11+/m0/s1. The lowest BCUT2D eigenvalue weighted by Gasteiger charge is -2.34. The summed E-state index contributed by atoms with van der Waals surface area (Å²) >= 11 is 0. The Balaban J connectivity index is 1.62. The van der Waals surface area contributed by atoms with Crippen molar-refractivity contribution in [3.63, 3.8) is 0 Å². The molecule has 1 aliphatic rings. The van der Waals surface area contributed by atoms with Gasteiger partial charge in [-0.25, -0.2) is 4.98 Å². The Hall–Kier alpha value is -2.26. The number of morpholine rings is 1. The lowest BCUT2D eigenvalue weighted by Crippen LogP contribution is -2.48. The fourth-order valence-electron chi connectivity index (χ4n) is 2.50. The maximum Gasteiger partial charge on any atom is 0.243 e. The van der Waals surface area contributed by atoms with E-state index in [4.69, 9.17) is 9.26 Å². The van der Waals surface area contributed by atoms with Gasteiger partial charge >= 0.3 is 0 Å². The predicted octanol–water partition coefficient (Wildman–Crippen LogP) is 0.810. The van der Waals surface area contributed by atoms with Gasteiger partial charge < -0.3 is 9.26 Å². The van der Waals surface area contributed by atoms with Crippen molar-refractivity contribution in [2.24, 2.45) is 0 Å². The van der Waals surface area contributed by atoms with Crippen molar-refractivity contribution in [3.05, 3.63) is 23.4 Å². The number of hydrogen-bond donors (Lipinski definition) is 2. The summed E-state index contributed by atoms with van der Waals surface area (Å²) < 4.78 is 10.7. The number of ether oxygens (including phenoxy) is 1. The van der Waals surface area contributed by atoms with Gasteiger partial charge in [-0.05, 0) is 20.8 Å². The number of aromatic nitrogens is 4. The summed E-state index contributed by atoms with van der Waals surface area (Å²) in [5.41, 5.74) is 0.722. The quantitative estimate of drug-likeness (QED) is 0.858. The van der Waals surface area contributed by atoms with Gasteiger partial charge in [0.05, 0.1) is 18.3 Å². The maximum atomic E-state index is 12.3. The molecule has 0 aromatic carbocycles. The molecule has 3 heterocycles. The van der Waals surface area contributed by atoms with Crippen molar-refractivity contribution in [1.82, 2.24) is 25.2 Å². The summed E-state index contributed by atoms with van der Waals surface area (Å²) in [7, 11) is 0. The molecule has 0 unspecified atom stereocenters. The molecule has 0 spiro atoms. The minimum atomic E-state index is -0.327. The van der Waals surface area contributed by atoms with Gasteiger partial charge in [0.1, 0.15) is 11.9 Å². The summed E-state index contributed by atoms with van der Waals surface area (Å²) in [5.74, 6) is 1.57. The average molecular weight is 320 g/mol. The van der Waals surface area contributed by atoms with Gasteiger partial charge in [-0.2, -0.15) is 5.10 Å². The third-order valence-corrected chi connectivity index (χ3v) is 3.80. The number of nitrogens with one attached hydrogen (secondary N) is 2. The molecule has 124 valence electrons. The van der Waals surface area contributed by atoms with Crippen LogP contribution in [0.25, 0.3) is 0 Å². The van der Waals surface area contributed by atoms with Crippen molar-refractivity contribution < 1.29 is 14.1 Å². The van der Waals surface area contributed by atoms with Gasteiger partial charge in [-0.15, -0.1) is 0 Å². The van der Waals surface area contributed by atoms with Gasteiger partial charge in [0.2, 0.25) is 11.8 Å². The van der Waals surface area contributed by atoms with Crippen LogP contribution in [0.2, 0.25) is 0 Å². The monoisotopic (exact) mass is 320 g/mol. The highest BCUT2D eigenvalue weighted by molar-refractivity contribution is 5.93. The lowest BCUT2D eigenvalue weighted by molar-refractivity contribution is -0.124. The van der Waals surface area contributed by atoms with Crippen molar-refractivity contribution in [3.8, 4) is 0 Å². The SMILES string of the molecule is Cc1cc(NC(=O)[C@H](C)N2CCO[C@@H](c3n[nH]c(C)n3)C2)on1. The summed E-state index contributed by atoms with van der Waals surface area (Å²) in [6.07, 6.45) is -0.239. The fraction of sp³-hybridized carbons (Fsp3) is 0.571. The Kier molecular flexibility index (Phi) is 4.39. The second-order valence-electron chi connectivity index (χ2n) is 5.63. The van der Waals surface area contributed by atoms with Gasteiger partial charge in [-0.1, -0.05) is 5.16 Å². The Morgan fingerprint density at radius 1 is 1.52 bits per heavy atom. The van der Waals surface area contributed by atoms with Crippen molar-refractivity contribution >= 4 is 11.8 Å². The second kappa shape index (κ2) is 6.47. The van der Waals surface area contributed by atoms with E-state index in [2.05, 4.69) is 25.7 Å². The first-order chi connectivity index (χ1) is 11.0. The molecule has 23 heavy (non-hydrogen) atoms. The van der Waals surface area contributed by atoms with Crippen LogP contribution in [0.4, 0.5) is 5.88 Å². The number of rotatable bonds is 4. The number of hydrogen-bond acceptors (Lipinski definition) is 7. The molecule has 1 fully saturated rings. The molecule has 0 bridgehead atoms. The molecular weight excluding hydrogens is 300 g/mol. The van der Waals surface area contributed by atoms with Crippen LogP contribution < -0.4 is 5.32 Å². The summed E-state index contributed by atoms with van der Waals surface area (Å²) in [5, 5.41) is 13.4. The molecule has 0 aliphatic carbocycles. The first-order valence-corrected chi connectivity index (χ1v) is 7.51. The molecule has 0 radical (unpaired) electrons. The fourth-order valence-corrected chi connectivity index (χ4v) is 2.50. The lowest BCUT2D eigenvalue weighted by atomic mass is 10.2. The van der Waals surface area contributed by atoms with E-state index in [-0.39, 0.29) is 18.1 Å². The molecule has 0 saturated carbocycles. The zero-order valence-corrected chi connectivity index (χ0v) is 13.4. The van der Waals surface area contributed by atoms with E-state index in [9.17, 15) is 4.79 Å². The number of aryl methyl sites for hydroxylation is 2. The van der Waals surface area contributed by atoms with E-state index in [0.717, 1.165) is 11.5 Å². The molecule has 2 aromatic rings. The first kappa shape index (κ1) is 15.6. The van der Waals surface area contributed by atoms with E-state index in [1.165, 1.54) is 0 Å². The number of amides is 1. The van der Waals surface area contributed by atoms with Crippen LogP contribution in [0.3, 0.4) is 0 Å². The molecule has 2 atom stereocenters. The predicted molar refractivity (Wildman–Crippen MR) is 80.7 cm³/mol. The minimum absolute atomic E-state index is 0.145. The van der Waals surface area contributed by atoms with Gasteiger partial charge in [0.25, 0.3) is 0 Å². The topological polar surface area (TPSA) is 109 Å². The Labute approximate surface area is 133 Å². The van der Waals surface area contributed by atoms with Crippen molar-refractivity contribution in [1.29, 1.82) is 0 Å². The molecule has 3 rings (SSSR count). The molecule has 1 saturated heterocycles. The van der Waals surface area contributed by atoms with Crippen LogP contribution >= 0.6 is 0 Å². The highest BCUT2D eigenvalue weighted by atomic mass is 16.5. The third kappa shape index (κ3) is 3.57. The number of H-pyrrole nitrogens is 1. The van der Waals surface area contributed by atoms with E-state index < -0.39 is 0 Å². The molecule has 9 nitrogen and oxygen atoms in total. The maximum absolute atomic E-state index is 12.3. The Bertz CT molecular complexity index is 682. The highest BCUT2D eigenvalue weighted by Gasteiger charge is 2.30. The number of nitrogens with zero attached hydrogens (tertiary/aromatic N) is 4. The van der Waals surface area contributed by atoms with Gasteiger partial charge in [0, 0.05) is 19.2 Å². The second-order valence-corrected chi connectivity index (χ2v) is 5.63. The van der Waals surface area contributed by atoms with Gasteiger partial charge in [-0.3, -0.25) is 20.1 Å². The molecule has 1 amide bonds. The Morgan fingerprint density at radius 3 is 3.00 bits per heavy atom. The van der Waals surface area contributed by atoms with Crippen molar-refractivity contribution in [2.75, 3.05) is 25.0 Å². The van der Waals surface area contributed by atoms with E-state index in [0.29, 0.717) is 31.4 Å². The summed E-state index contributed by atoms with van der Waals surface area (Å²) in [6, 6.07) is 1.36. The number of anilines is 1. The molecule has 2 aromatic heterocycles. The number of carbonyl (C=O) groups excluding carboxylic acids is 1. The summed E-state index contributed by atoms with van der Waals surface area (Å²) in [4.78, 5) is 18.7. The highest BCUT2D eigenvalue weighted by Crippen LogP contribution is 2.21. The minimum Gasteiger partial charge on any atom is -0.367 e. The van der Waals surface area contributed by atoms with E-state index in [1.807, 2.05) is 18.7 Å². The smallest absolute Gasteiger partial charge is 0.243 e. The molecule has 9 heteroatoms. The Morgan fingerprint density at radius 2 is 2.35 bits per heavy atom. The molecule has 1 aliphatic heterocycles. The van der Waals surface area contributed by atoms with Crippen LogP contribution in [0.5, 0.6) is 0 Å². The number of carbonyl (C=O) groups is 1. The first-order valence-electron chi connectivity index (χ1n) is 7.51. The van der Waals surface area contributed by atoms with E-state index in [1.54, 1.807) is 13.0 Å². The van der Waals surface area contributed by atoms with Crippen LogP contribution in [0, 0.1) is 13.8 Å². The van der Waals surface area contributed by atoms with Crippen LogP contribution in [0.15, 0.2) is 10.6 Å². The van der Waals surface area contributed by atoms with Crippen LogP contribution in [-0.4, -0.2) is 56.9 Å². The van der Waals surface area contributed by atoms with Crippen LogP contribution in [0.1, 0.15) is 30.4 Å². The zero-order chi connectivity index (χ0) is 16.4. The largest absolute Gasteiger partial charge is 0.367 e. The van der Waals surface area contributed by atoms with Crippen molar-refractivity contribution in [2.45, 2.75) is 32.9 Å². The van der Waals surface area contributed by atoms with E-state index >= 15 is 0 Å². The molecule has 2 N–H and O–H groups in total. The average Bonchev–Trinajstić information content (AvgIpc) is 3.15. The van der Waals surface area contributed by atoms with Gasteiger partial charge in [0.15, 0.2) is 5.82 Å².